The fourth-order valence-corrected chi connectivity index (χ4v) is 2.28. The number of nitrogens with zero attached hydrogens (tertiary/aromatic N) is 2. The first-order chi connectivity index (χ1) is 9.44. The van der Waals surface area contributed by atoms with Gasteiger partial charge in [-0.25, -0.2) is 14.4 Å². The summed E-state index contributed by atoms with van der Waals surface area (Å²) in [6, 6.07) is 6.33. The number of aromatic nitrogens is 2. The molecular weight excluding hydrogens is 277 g/mol. The Balaban J connectivity index is 2.26. The van der Waals surface area contributed by atoms with E-state index in [1.807, 2.05) is 19.9 Å². The molecule has 0 aliphatic carbocycles. The Morgan fingerprint density at radius 2 is 2.05 bits per heavy atom. The molecule has 106 valence electrons. The van der Waals surface area contributed by atoms with E-state index in [-0.39, 0.29) is 11.9 Å². The van der Waals surface area contributed by atoms with Gasteiger partial charge in [-0.2, -0.15) is 0 Å². The van der Waals surface area contributed by atoms with E-state index < -0.39 is 0 Å². The van der Waals surface area contributed by atoms with Gasteiger partial charge in [0.1, 0.15) is 11.6 Å². The predicted octanol–water partition coefficient (Wildman–Crippen LogP) is 3.06. The van der Waals surface area contributed by atoms with Gasteiger partial charge in [-0.1, -0.05) is 17.7 Å². The molecule has 2 rings (SSSR count). The van der Waals surface area contributed by atoms with Crippen molar-refractivity contribution in [1.29, 1.82) is 0 Å². The highest BCUT2D eigenvalue weighted by atomic mass is 35.5. The largest absolute Gasteiger partial charge is 0.328 e. The van der Waals surface area contributed by atoms with Crippen molar-refractivity contribution in [2.75, 3.05) is 0 Å². The zero-order valence-corrected chi connectivity index (χ0v) is 12.3. The molecule has 1 aromatic heterocycles. The lowest BCUT2D eigenvalue weighted by molar-refractivity contribution is 0.627. The van der Waals surface area contributed by atoms with Gasteiger partial charge in [0.25, 0.3) is 0 Å². The lowest BCUT2D eigenvalue weighted by atomic mass is 10.1. The summed E-state index contributed by atoms with van der Waals surface area (Å²) in [6.45, 7) is 3.86. The number of halogens is 2. The quantitative estimate of drug-likeness (QED) is 0.942. The molecular formula is C15H17ClFN3. The minimum Gasteiger partial charge on any atom is -0.328 e. The van der Waals surface area contributed by atoms with Crippen molar-refractivity contribution in [3.05, 3.63) is 57.9 Å². The van der Waals surface area contributed by atoms with E-state index in [2.05, 4.69) is 9.97 Å². The van der Waals surface area contributed by atoms with Crippen molar-refractivity contribution in [2.45, 2.75) is 32.7 Å². The molecule has 2 N–H and O–H groups in total. The zero-order chi connectivity index (χ0) is 14.7. The van der Waals surface area contributed by atoms with Gasteiger partial charge >= 0.3 is 0 Å². The number of rotatable bonds is 4. The molecule has 0 aliphatic heterocycles. The maximum absolute atomic E-state index is 13.0. The highest BCUT2D eigenvalue weighted by molar-refractivity contribution is 6.31. The summed E-state index contributed by atoms with van der Waals surface area (Å²) in [5, 5.41) is 0.392. The summed E-state index contributed by atoms with van der Waals surface area (Å²) < 4.78 is 13.0. The molecule has 20 heavy (non-hydrogen) atoms. The van der Waals surface area contributed by atoms with Gasteiger partial charge < -0.3 is 5.73 Å². The molecule has 0 bridgehead atoms. The van der Waals surface area contributed by atoms with Crippen LogP contribution in [-0.2, 0) is 12.8 Å². The van der Waals surface area contributed by atoms with E-state index in [9.17, 15) is 4.39 Å². The highest BCUT2D eigenvalue weighted by Gasteiger charge is 2.08. The van der Waals surface area contributed by atoms with Crippen LogP contribution in [0.4, 0.5) is 4.39 Å². The van der Waals surface area contributed by atoms with Crippen LogP contribution in [0.3, 0.4) is 0 Å². The van der Waals surface area contributed by atoms with Crippen LogP contribution < -0.4 is 5.73 Å². The molecule has 1 atom stereocenters. The lowest BCUT2D eigenvalue weighted by Crippen LogP contribution is -2.19. The first-order valence-electron chi connectivity index (χ1n) is 6.47. The van der Waals surface area contributed by atoms with E-state index in [1.165, 1.54) is 12.1 Å². The van der Waals surface area contributed by atoms with Gasteiger partial charge in [0.2, 0.25) is 0 Å². The van der Waals surface area contributed by atoms with Gasteiger partial charge in [0.05, 0.1) is 0 Å². The second-order valence-corrected chi connectivity index (χ2v) is 5.42. The minimum absolute atomic E-state index is 0.0477. The van der Waals surface area contributed by atoms with Gasteiger partial charge in [-0.15, -0.1) is 0 Å². The number of nitrogens with two attached hydrogens (primary N) is 1. The molecule has 0 amide bonds. The Hall–Kier alpha value is -1.52. The first-order valence-corrected chi connectivity index (χ1v) is 6.85. The highest BCUT2D eigenvalue weighted by Crippen LogP contribution is 2.19. The fourth-order valence-electron chi connectivity index (χ4n) is 2.05. The smallest absolute Gasteiger partial charge is 0.133 e. The van der Waals surface area contributed by atoms with Crippen molar-refractivity contribution < 1.29 is 4.39 Å². The van der Waals surface area contributed by atoms with E-state index in [0.29, 0.717) is 23.7 Å². The van der Waals surface area contributed by atoms with Crippen LogP contribution in [0, 0.1) is 12.7 Å². The van der Waals surface area contributed by atoms with Crippen LogP contribution in [0.5, 0.6) is 0 Å². The normalized spacial score (nSPS) is 12.4. The second-order valence-electron chi connectivity index (χ2n) is 5.01. The monoisotopic (exact) mass is 293 g/mol. The molecule has 2 aromatic rings. The third-order valence-electron chi connectivity index (χ3n) is 2.85. The van der Waals surface area contributed by atoms with Crippen molar-refractivity contribution in [1.82, 2.24) is 9.97 Å². The van der Waals surface area contributed by atoms with Crippen LogP contribution >= 0.6 is 11.6 Å². The molecule has 0 radical (unpaired) electrons. The number of hydrogen-bond donors (Lipinski definition) is 1. The Morgan fingerprint density at radius 1 is 1.30 bits per heavy atom. The van der Waals surface area contributed by atoms with Crippen molar-refractivity contribution >= 4 is 11.6 Å². The van der Waals surface area contributed by atoms with Crippen LogP contribution in [-0.4, -0.2) is 16.0 Å². The average molecular weight is 294 g/mol. The summed E-state index contributed by atoms with van der Waals surface area (Å²) in [4.78, 5) is 8.88. The maximum Gasteiger partial charge on any atom is 0.133 e. The molecule has 0 fully saturated rings. The molecule has 5 heteroatoms. The molecule has 0 aliphatic rings. The Labute approximate surface area is 123 Å². The first kappa shape index (κ1) is 14.9. The molecule has 1 unspecified atom stereocenters. The predicted molar refractivity (Wildman–Crippen MR) is 78.3 cm³/mol. The van der Waals surface area contributed by atoms with E-state index in [4.69, 9.17) is 17.3 Å². The number of benzene rings is 1. The van der Waals surface area contributed by atoms with Crippen LogP contribution in [0.2, 0.25) is 5.02 Å². The summed E-state index contributed by atoms with van der Waals surface area (Å²) in [6.07, 6.45) is 1.18. The SMILES string of the molecule is Cc1cc(CC(C)N)nc(Cc2ccc(F)cc2Cl)n1. The topological polar surface area (TPSA) is 51.8 Å². The van der Waals surface area contributed by atoms with Gasteiger partial charge in [0, 0.05) is 35.3 Å². The summed E-state index contributed by atoms with van der Waals surface area (Å²) >= 11 is 6.03. The minimum atomic E-state index is -0.346. The van der Waals surface area contributed by atoms with Crippen LogP contribution in [0.25, 0.3) is 0 Å². The van der Waals surface area contributed by atoms with Crippen molar-refractivity contribution in [3.8, 4) is 0 Å². The maximum atomic E-state index is 13.0. The zero-order valence-electron chi connectivity index (χ0n) is 11.5. The molecule has 3 nitrogen and oxygen atoms in total. The molecule has 0 saturated carbocycles. The molecule has 0 spiro atoms. The summed E-state index contributed by atoms with van der Waals surface area (Å²) in [5.41, 5.74) is 8.42. The van der Waals surface area contributed by atoms with E-state index in [0.717, 1.165) is 17.0 Å². The Kier molecular flexibility index (Phi) is 4.68. The van der Waals surface area contributed by atoms with E-state index >= 15 is 0 Å². The third-order valence-corrected chi connectivity index (χ3v) is 3.20. The Bertz CT molecular complexity index is 614. The fraction of sp³-hybridized carbons (Fsp3) is 0.333. The summed E-state index contributed by atoms with van der Waals surface area (Å²) in [5.74, 6) is 0.329. The second kappa shape index (κ2) is 6.29. The van der Waals surface area contributed by atoms with Gasteiger partial charge in [0.15, 0.2) is 0 Å². The number of hydrogen-bond acceptors (Lipinski definition) is 3. The van der Waals surface area contributed by atoms with Crippen molar-refractivity contribution in [2.24, 2.45) is 5.73 Å². The van der Waals surface area contributed by atoms with Crippen molar-refractivity contribution in [3.63, 3.8) is 0 Å². The van der Waals surface area contributed by atoms with Gasteiger partial charge in [-0.05, 0) is 37.6 Å². The molecule has 0 saturated heterocycles. The lowest BCUT2D eigenvalue weighted by Gasteiger charge is -2.09. The Morgan fingerprint density at radius 3 is 2.70 bits per heavy atom. The molecule has 1 aromatic carbocycles. The average Bonchev–Trinajstić information content (AvgIpc) is 2.31. The summed E-state index contributed by atoms with van der Waals surface area (Å²) in [7, 11) is 0. The van der Waals surface area contributed by atoms with Crippen LogP contribution in [0.1, 0.15) is 29.7 Å². The van der Waals surface area contributed by atoms with Crippen LogP contribution in [0.15, 0.2) is 24.3 Å². The number of aryl methyl sites for hydroxylation is 1. The standard InChI is InChI=1S/C15H17ClFN3/c1-9(18)5-13-6-10(2)19-15(20-13)7-11-3-4-12(17)8-14(11)16/h3-4,6,8-9H,5,7,18H2,1-2H3. The van der Waals surface area contributed by atoms with E-state index in [1.54, 1.807) is 6.07 Å². The third kappa shape index (κ3) is 3.99. The molecule has 1 heterocycles. The van der Waals surface area contributed by atoms with Gasteiger partial charge in [-0.3, -0.25) is 0 Å².